The Labute approximate surface area is 149 Å². The summed E-state index contributed by atoms with van der Waals surface area (Å²) in [6.45, 7) is 1.76. The number of aromatic amines is 1. The van der Waals surface area contributed by atoms with Crippen LogP contribution in [0.25, 0.3) is 10.9 Å². The molecule has 1 fully saturated rings. The quantitative estimate of drug-likeness (QED) is 0.730. The lowest BCUT2D eigenvalue weighted by atomic mass is 10.0. The SMILES string of the molecule is CN(Cc1cnc(CC2CCCC2)[nH]1)Cc1cccc2cccnc12. The molecule has 0 aliphatic heterocycles. The molecule has 1 aromatic carbocycles. The van der Waals surface area contributed by atoms with Crippen LogP contribution in [0.4, 0.5) is 0 Å². The molecular formula is C21H26N4. The first-order valence-corrected chi connectivity index (χ1v) is 9.32. The molecule has 0 amide bonds. The summed E-state index contributed by atoms with van der Waals surface area (Å²) in [5.41, 5.74) is 3.57. The number of hydrogen-bond acceptors (Lipinski definition) is 3. The van der Waals surface area contributed by atoms with E-state index in [0.717, 1.165) is 36.8 Å². The van der Waals surface area contributed by atoms with E-state index in [0.29, 0.717) is 0 Å². The average molecular weight is 334 g/mol. The normalized spacial score (nSPS) is 15.4. The van der Waals surface area contributed by atoms with Crippen LogP contribution >= 0.6 is 0 Å². The Kier molecular flexibility index (Phi) is 4.79. The van der Waals surface area contributed by atoms with E-state index in [1.165, 1.54) is 42.3 Å². The van der Waals surface area contributed by atoms with E-state index < -0.39 is 0 Å². The van der Waals surface area contributed by atoms with E-state index in [1.54, 1.807) is 0 Å². The molecule has 1 aliphatic rings. The van der Waals surface area contributed by atoms with Gasteiger partial charge in [-0.05, 0) is 24.6 Å². The van der Waals surface area contributed by atoms with E-state index in [2.05, 4.69) is 51.2 Å². The van der Waals surface area contributed by atoms with Gasteiger partial charge >= 0.3 is 0 Å². The minimum atomic E-state index is 0.832. The van der Waals surface area contributed by atoms with Crippen LogP contribution in [0.15, 0.2) is 42.7 Å². The molecule has 1 aliphatic carbocycles. The van der Waals surface area contributed by atoms with Crippen molar-refractivity contribution in [3.63, 3.8) is 0 Å². The summed E-state index contributed by atoms with van der Waals surface area (Å²) in [7, 11) is 2.15. The molecular weight excluding hydrogens is 308 g/mol. The van der Waals surface area contributed by atoms with Gasteiger partial charge in [0, 0.05) is 43.0 Å². The highest BCUT2D eigenvalue weighted by atomic mass is 15.1. The topological polar surface area (TPSA) is 44.8 Å². The number of aromatic nitrogens is 3. The first kappa shape index (κ1) is 16.3. The number of pyridine rings is 1. The fourth-order valence-electron chi connectivity index (χ4n) is 4.01. The maximum atomic E-state index is 4.60. The first-order valence-electron chi connectivity index (χ1n) is 9.32. The second-order valence-corrected chi connectivity index (χ2v) is 7.37. The number of nitrogens with zero attached hydrogens (tertiary/aromatic N) is 3. The Morgan fingerprint density at radius 1 is 1.08 bits per heavy atom. The lowest BCUT2D eigenvalue weighted by molar-refractivity contribution is 0.316. The summed E-state index contributed by atoms with van der Waals surface area (Å²) in [5.74, 6) is 1.99. The van der Waals surface area contributed by atoms with E-state index in [4.69, 9.17) is 0 Å². The third-order valence-electron chi connectivity index (χ3n) is 5.23. The minimum absolute atomic E-state index is 0.832. The molecule has 3 aromatic rings. The number of nitrogens with one attached hydrogen (secondary N) is 1. The molecule has 0 saturated heterocycles. The number of benzene rings is 1. The highest BCUT2D eigenvalue weighted by Gasteiger charge is 2.17. The number of imidazole rings is 1. The predicted octanol–water partition coefficient (Wildman–Crippen LogP) is 4.32. The van der Waals surface area contributed by atoms with Crippen LogP contribution in [0.2, 0.25) is 0 Å². The molecule has 25 heavy (non-hydrogen) atoms. The lowest BCUT2D eigenvalue weighted by Crippen LogP contribution is -2.18. The van der Waals surface area contributed by atoms with Crippen molar-refractivity contribution in [2.45, 2.75) is 45.2 Å². The Hall–Kier alpha value is -2.20. The van der Waals surface area contributed by atoms with Crippen molar-refractivity contribution >= 4 is 10.9 Å². The van der Waals surface area contributed by atoms with Gasteiger partial charge in [0.25, 0.3) is 0 Å². The van der Waals surface area contributed by atoms with Crippen molar-refractivity contribution in [2.24, 2.45) is 5.92 Å². The summed E-state index contributed by atoms with van der Waals surface area (Å²) in [6.07, 6.45) is 10.5. The smallest absolute Gasteiger partial charge is 0.106 e. The van der Waals surface area contributed by atoms with E-state index in [-0.39, 0.29) is 0 Å². The van der Waals surface area contributed by atoms with Gasteiger partial charge in [-0.2, -0.15) is 0 Å². The number of rotatable bonds is 6. The average Bonchev–Trinajstić information content (AvgIpc) is 3.28. The molecule has 2 heterocycles. The summed E-state index contributed by atoms with van der Waals surface area (Å²) < 4.78 is 0. The van der Waals surface area contributed by atoms with E-state index in [1.807, 2.05) is 18.5 Å². The highest BCUT2D eigenvalue weighted by Crippen LogP contribution is 2.27. The van der Waals surface area contributed by atoms with Crippen molar-refractivity contribution < 1.29 is 0 Å². The van der Waals surface area contributed by atoms with Crippen molar-refractivity contribution in [1.29, 1.82) is 0 Å². The van der Waals surface area contributed by atoms with Crippen LogP contribution in [0, 0.1) is 5.92 Å². The zero-order valence-corrected chi connectivity index (χ0v) is 14.9. The lowest BCUT2D eigenvalue weighted by Gasteiger charge is -2.16. The van der Waals surface area contributed by atoms with Gasteiger partial charge in [0.1, 0.15) is 5.82 Å². The number of para-hydroxylation sites is 1. The van der Waals surface area contributed by atoms with Crippen LogP contribution in [0.3, 0.4) is 0 Å². The third-order valence-corrected chi connectivity index (χ3v) is 5.23. The Morgan fingerprint density at radius 2 is 1.92 bits per heavy atom. The van der Waals surface area contributed by atoms with Gasteiger partial charge < -0.3 is 4.98 Å². The second kappa shape index (κ2) is 7.36. The Bertz CT molecular complexity index is 827. The maximum absolute atomic E-state index is 4.60. The van der Waals surface area contributed by atoms with E-state index in [9.17, 15) is 0 Å². The second-order valence-electron chi connectivity index (χ2n) is 7.37. The molecule has 4 heteroatoms. The standard InChI is InChI=1S/C21H26N4/c1-25(14-18-9-4-8-17-10-5-11-22-21(17)18)15-19-13-23-20(24-19)12-16-6-2-3-7-16/h4-5,8-11,13,16H,2-3,6-7,12,14-15H2,1H3,(H,23,24). The summed E-state index contributed by atoms with van der Waals surface area (Å²) >= 11 is 0. The van der Waals surface area contributed by atoms with Gasteiger partial charge in [-0.25, -0.2) is 4.98 Å². The molecule has 0 spiro atoms. The molecule has 130 valence electrons. The fourth-order valence-corrected chi connectivity index (χ4v) is 4.01. The van der Waals surface area contributed by atoms with Gasteiger partial charge in [-0.15, -0.1) is 0 Å². The molecule has 0 atom stereocenters. The molecule has 0 bridgehead atoms. The zero-order chi connectivity index (χ0) is 17.1. The van der Waals surface area contributed by atoms with Crippen LogP contribution in [-0.4, -0.2) is 26.9 Å². The van der Waals surface area contributed by atoms with Crippen molar-refractivity contribution in [3.05, 3.63) is 59.8 Å². The third kappa shape index (κ3) is 3.90. The maximum Gasteiger partial charge on any atom is 0.106 e. The van der Waals surface area contributed by atoms with Gasteiger partial charge in [-0.1, -0.05) is 49.9 Å². The molecule has 4 nitrogen and oxygen atoms in total. The van der Waals surface area contributed by atoms with E-state index >= 15 is 0 Å². The highest BCUT2D eigenvalue weighted by molar-refractivity contribution is 5.81. The number of H-pyrrole nitrogens is 1. The fraction of sp³-hybridized carbons (Fsp3) is 0.429. The zero-order valence-electron chi connectivity index (χ0n) is 14.9. The first-order chi connectivity index (χ1) is 12.3. The van der Waals surface area contributed by atoms with Gasteiger partial charge in [0.15, 0.2) is 0 Å². The molecule has 4 rings (SSSR count). The molecule has 2 aromatic heterocycles. The van der Waals surface area contributed by atoms with Crippen LogP contribution in [0.5, 0.6) is 0 Å². The number of fused-ring (bicyclic) bond motifs is 1. The predicted molar refractivity (Wildman–Crippen MR) is 101 cm³/mol. The van der Waals surface area contributed by atoms with Gasteiger partial charge in [0.2, 0.25) is 0 Å². The molecule has 1 N–H and O–H groups in total. The monoisotopic (exact) mass is 334 g/mol. The summed E-state index contributed by atoms with van der Waals surface area (Å²) in [6, 6.07) is 10.5. The van der Waals surface area contributed by atoms with Crippen LogP contribution in [0.1, 0.15) is 42.8 Å². The number of hydrogen-bond donors (Lipinski definition) is 1. The van der Waals surface area contributed by atoms with Crippen LogP contribution < -0.4 is 0 Å². The van der Waals surface area contributed by atoms with Crippen LogP contribution in [-0.2, 0) is 19.5 Å². The largest absolute Gasteiger partial charge is 0.345 e. The Balaban J connectivity index is 1.40. The minimum Gasteiger partial charge on any atom is -0.345 e. The Morgan fingerprint density at radius 3 is 2.80 bits per heavy atom. The van der Waals surface area contributed by atoms with Crippen molar-refractivity contribution in [1.82, 2.24) is 19.9 Å². The van der Waals surface area contributed by atoms with Crippen molar-refractivity contribution in [3.8, 4) is 0 Å². The summed E-state index contributed by atoms with van der Waals surface area (Å²) in [5, 5.41) is 1.20. The van der Waals surface area contributed by atoms with Gasteiger partial charge in [0.05, 0.1) is 5.52 Å². The molecule has 0 radical (unpaired) electrons. The molecule has 1 saturated carbocycles. The van der Waals surface area contributed by atoms with Crippen molar-refractivity contribution in [2.75, 3.05) is 7.05 Å². The summed E-state index contributed by atoms with van der Waals surface area (Å²) in [4.78, 5) is 15.0. The van der Waals surface area contributed by atoms with Gasteiger partial charge in [-0.3, -0.25) is 9.88 Å². The molecule has 0 unspecified atom stereocenters.